The molecule has 7 heteroatoms. The van der Waals surface area contributed by atoms with Crippen LogP contribution in [0.4, 0.5) is 11.4 Å². The van der Waals surface area contributed by atoms with Gasteiger partial charge in [0, 0.05) is 5.56 Å². The molecule has 0 aliphatic heterocycles. The third kappa shape index (κ3) is 4.63. The Balaban J connectivity index is 1.92. The first-order chi connectivity index (χ1) is 14.2. The standard InChI is InChI=1S/C23H24N2O4S/c1-15-9-12-21(29-4)20(13-15)24-23(26)18-11-10-17(3)22(14-18)30(27,28)25-19-8-6-5-7-16(19)2/h5-14,25H,1-4H3,(H,24,26). The van der Waals surface area contributed by atoms with Crippen molar-refractivity contribution in [2.45, 2.75) is 25.7 Å². The molecule has 0 aliphatic rings. The molecule has 0 saturated carbocycles. The van der Waals surface area contributed by atoms with Crippen LogP contribution in [0.2, 0.25) is 0 Å². The number of aryl methyl sites for hydroxylation is 3. The van der Waals surface area contributed by atoms with Gasteiger partial charge in [-0.05, 0) is 67.8 Å². The van der Waals surface area contributed by atoms with Gasteiger partial charge in [0.1, 0.15) is 5.75 Å². The maximum atomic E-state index is 13.0. The van der Waals surface area contributed by atoms with Gasteiger partial charge in [-0.15, -0.1) is 0 Å². The maximum absolute atomic E-state index is 13.0. The van der Waals surface area contributed by atoms with E-state index in [4.69, 9.17) is 4.74 Å². The molecule has 3 aromatic rings. The van der Waals surface area contributed by atoms with Crippen molar-refractivity contribution in [3.63, 3.8) is 0 Å². The Kier molecular flexibility index (Phi) is 6.12. The number of anilines is 2. The molecule has 0 saturated heterocycles. The van der Waals surface area contributed by atoms with E-state index in [-0.39, 0.29) is 10.5 Å². The number of sulfonamides is 1. The van der Waals surface area contributed by atoms with Crippen LogP contribution in [-0.4, -0.2) is 21.4 Å². The monoisotopic (exact) mass is 424 g/mol. The fraction of sp³-hybridized carbons (Fsp3) is 0.174. The Labute approximate surface area is 177 Å². The molecule has 0 unspecified atom stereocenters. The SMILES string of the molecule is COc1ccc(C)cc1NC(=O)c1ccc(C)c(S(=O)(=O)Nc2ccccc2C)c1. The van der Waals surface area contributed by atoms with Crippen LogP contribution in [0.25, 0.3) is 0 Å². The summed E-state index contributed by atoms with van der Waals surface area (Å²) in [7, 11) is -2.35. The number of para-hydroxylation sites is 1. The van der Waals surface area contributed by atoms with Crippen molar-refractivity contribution in [3.05, 3.63) is 82.9 Å². The zero-order chi connectivity index (χ0) is 21.9. The lowest BCUT2D eigenvalue weighted by Crippen LogP contribution is -2.17. The van der Waals surface area contributed by atoms with Crippen LogP contribution < -0.4 is 14.8 Å². The van der Waals surface area contributed by atoms with Gasteiger partial charge in [-0.1, -0.05) is 30.3 Å². The van der Waals surface area contributed by atoms with Gasteiger partial charge in [0.05, 0.1) is 23.4 Å². The summed E-state index contributed by atoms with van der Waals surface area (Å²) >= 11 is 0. The topological polar surface area (TPSA) is 84.5 Å². The van der Waals surface area contributed by atoms with E-state index in [0.29, 0.717) is 22.7 Å². The average molecular weight is 425 g/mol. The van der Waals surface area contributed by atoms with Crippen molar-refractivity contribution in [2.75, 3.05) is 17.1 Å². The van der Waals surface area contributed by atoms with E-state index in [0.717, 1.165) is 11.1 Å². The van der Waals surface area contributed by atoms with Gasteiger partial charge in [-0.2, -0.15) is 0 Å². The molecule has 156 valence electrons. The number of carbonyl (C=O) groups excluding carboxylic acids is 1. The first kappa shape index (κ1) is 21.4. The minimum atomic E-state index is -3.87. The fourth-order valence-corrected chi connectivity index (χ4v) is 4.43. The van der Waals surface area contributed by atoms with Gasteiger partial charge < -0.3 is 10.1 Å². The maximum Gasteiger partial charge on any atom is 0.262 e. The largest absolute Gasteiger partial charge is 0.495 e. The molecule has 30 heavy (non-hydrogen) atoms. The quantitative estimate of drug-likeness (QED) is 0.602. The van der Waals surface area contributed by atoms with Crippen LogP contribution in [0.3, 0.4) is 0 Å². The average Bonchev–Trinajstić information content (AvgIpc) is 2.70. The van der Waals surface area contributed by atoms with Crippen molar-refractivity contribution in [2.24, 2.45) is 0 Å². The van der Waals surface area contributed by atoms with Gasteiger partial charge in [0.2, 0.25) is 0 Å². The van der Waals surface area contributed by atoms with Gasteiger partial charge >= 0.3 is 0 Å². The third-order valence-electron chi connectivity index (χ3n) is 4.73. The van der Waals surface area contributed by atoms with Crippen molar-refractivity contribution in [1.82, 2.24) is 0 Å². The summed E-state index contributed by atoms with van der Waals surface area (Å²) in [4.78, 5) is 12.9. The molecule has 0 atom stereocenters. The van der Waals surface area contributed by atoms with E-state index in [1.54, 1.807) is 43.3 Å². The number of methoxy groups -OCH3 is 1. The minimum absolute atomic E-state index is 0.0506. The zero-order valence-electron chi connectivity index (χ0n) is 17.3. The Morgan fingerprint density at radius 2 is 1.60 bits per heavy atom. The summed E-state index contributed by atoms with van der Waals surface area (Å²) in [5.41, 5.74) is 3.55. The Morgan fingerprint density at radius 3 is 2.30 bits per heavy atom. The first-order valence-electron chi connectivity index (χ1n) is 9.36. The first-order valence-corrected chi connectivity index (χ1v) is 10.8. The molecule has 1 amide bonds. The number of carbonyl (C=O) groups is 1. The number of ether oxygens (including phenoxy) is 1. The summed E-state index contributed by atoms with van der Waals surface area (Å²) in [5, 5.41) is 2.80. The summed E-state index contributed by atoms with van der Waals surface area (Å²) < 4.78 is 33.9. The highest BCUT2D eigenvalue weighted by atomic mass is 32.2. The lowest BCUT2D eigenvalue weighted by atomic mass is 10.1. The number of nitrogens with one attached hydrogen (secondary N) is 2. The van der Waals surface area contributed by atoms with Crippen molar-refractivity contribution in [3.8, 4) is 5.75 Å². The predicted molar refractivity (Wildman–Crippen MR) is 119 cm³/mol. The van der Waals surface area contributed by atoms with Crippen molar-refractivity contribution < 1.29 is 17.9 Å². The number of hydrogen-bond donors (Lipinski definition) is 2. The molecule has 3 aromatic carbocycles. The summed E-state index contributed by atoms with van der Waals surface area (Å²) in [6.07, 6.45) is 0. The minimum Gasteiger partial charge on any atom is -0.495 e. The predicted octanol–water partition coefficient (Wildman–Crippen LogP) is 4.67. The van der Waals surface area contributed by atoms with Crippen LogP contribution in [0.5, 0.6) is 5.75 Å². The second-order valence-corrected chi connectivity index (χ2v) is 8.71. The highest BCUT2D eigenvalue weighted by Gasteiger charge is 2.20. The molecule has 0 aliphatic carbocycles. The van der Waals surface area contributed by atoms with E-state index in [1.807, 2.05) is 32.0 Å². The third-order valence-corrected chi connectivity index (χ3v) is 6.24. The highest BCUT2D eigenvalue weighted by Crippen LogP contribution is 2.27. The summed E-state index contributed by atoms with van der Waals surface area (Å²) in [6, 6.07) is 17.2. The van der Waals surface area contributed by atoms with Gasteiger partial charge in [-0.3, -0.25) is 9.52 Å². The van der Waals surface area contributed by atoms with Crippen LogP contribution >= 0.6 is 0 Å². The smallest absolute Gasteiger partial charge is 0.262 e. The molecular weight excluding hydrogens is 400 g/mol. The zero-order valence-corrected chi connectivity index (χ0v) is 18.1. The number of benzene rings is 3. The molecule has 0 bridgehead atoms. The number of hydrogen-bond acceptors (Lipinski definition) is 4. The molecule has 0 aromatic heterocycles. The summed E-state index contributed by atoms with van der Waals surface area (Å²) in [5.74, 6) is 0.0985. The van der Waals surface area contributed by atoms with E-state index in [2.05, 4.69) is 10.0 Å². The van der Waals surface area contributed by atoms with Gasteiger partial charge in [0.25, 0.3) is 15.9 Å². The molecule has 0 spiro atoms. The van der Waals surface area contributed by atoms with Crippen LogP contribution in [0.15, 0.2) is 65.6 Å². The van der Waals surface area contributed by atoms with Crippen molar-refractivity contribution in [1.29, 1.82) is 0 Å². The van der Waals surface area contributed by atoms with E-state index >= 15 is 0 Å². The van der Waals surface area contributed by atoms with Crippen LogP contribution in [-0.2, 0) is 10.0 Å². The van der Waals surface area contributed by atoms with Crippen LogP contribution in [0, 0.1) is 20.8 Å². The number of rotatable bonds is 6. The molecule has 6 nitrogen and oxygen atoms in total. The Hall–Kier alpha value is -3.32. The Bertz CT molecular complexity index is 1200. The number of amides is 1. The molecule has 0 fully saturated rings. The van der Waals surface area contributed by atoms with E-state index < -0.39 is 15.9 Å². The lowest BCUT2D eigenvalue weighted by molar-refractivity contribution is 0.102. The second kappa shape index (κ2) is 8.59. The Morgan fingerprint density at radius 1 is 0.867 bits per heavy atom. The second-order valence-electron chi connectivity index (χ2n) is 7.06. The molecule has 3 rings (SSSR count). The molecular formula is C23H24N2O4S. The molecule has 0 heterocycles. The van der Waals surface area contributed by atoms with E-state index in [9.17, 15) is 13.2 Å². The van der Waals surface area contributed by atoms with Gasteiger partial charge in [0.15, 0.2) is 0 Å². The normalized spacial score (nSPS) is 11.1. The van der Waals surface area contributed by atoms with Crippen molar-refractivity contribution >= 4 is 27.3 Å². The van der Waals surface area contributed by atoms with E-state index in [1.165, 1.54) is 13.2 Å². The molecule has 0 radical (unpaired) electrons. The van der Waals surface area contributed by atoms with Gasteiger partial charge in [-0.25, -0.2) is 8.42 Å². The molecule has 2 N–H and O–H groups in total. The highest BCUT2D eigenvalue weighted by molar-refractivity contribution is 7.92. The lowest BCUT2D eigenvalue weighted by Gasteiger charge is -2.14. The fourth-order valence-electron chi connectivity index (χ4n) is 3.03. The van der Waals surface area contributed by atoms with Crippen LogP contribution in [0.1, 0.15) is 27.0 Å². The summed E-state index contributed by atoms with van der Waals surface area (Å²) in [6.45, 7) is 5.42.